The quantitative estimate of drug-likeness (QED) is 0.793. The van der Waals surface area contributed by atoms with Crippen molar-refractivity contribution in [3.63, 3.8) is 0 Å². The van der Waals surface area contributed by atoms with E-state index in [9.17, 15) is 0 Å². The fourth-order valence-electron chi connectivity index (χ4n) is 1.70. The van der Waals surface area contributed by atoms with Crippen molar-refractivity contribution in [3.05, 3.63) is 48.3 Å². The third-order valence-corrected chi connectivity index (χ3v) is 2.58. The molecule has 18 heavy (non-hydrogen) atoms. The van der Waals surface area contributed by atoms with E-state index >= 15 is 0 Å². The van der Waals surface area contributed by atoms with E-state index in [1.165, 1.54) is 0 Å². The number of hydrogen-bond acceptors (Lipinski definition) is 4. The van der Waals surface area contributed by atoms with Gasteiger partial charge in [0.05, 0.1) is 12.3 Å². The van der Waals surface area contributed by atoms with Gasteiger partial charge in [0.25, 0.3) is 0 Å². The number of aromatic nitrogens is 1. The van der Waals surface area contributed by atoms with Gasteiger partial charge >= 0.3 is 0 Å². The highest BCUT2D eigenvalue weighted by Crippen LogP contribution is 2.30. The number of para-hydroxylation sites is 1. The maximum absolute atomic E-state index is 5.96. The van der Waals surface area contributed by atoms with Gasteiger partial charge < -0.3 is 15.8 Å². The van der Waals surface area contributed by atoms with Crippen molar-refractivity contribution in [2.24, 2.45) is 0 Å². The molecule has 0 aliphatic rings. The minimum atomic E-state index is 0.618. The highest BCUT2D eigenvalue weighted by atomic mass is 16.5. The van der Waals surface area contributed by atoms with Crippen LogP contribution in [0.4, 0.5) is 11.4 Å². The van der Waals surface area contributed by atoms with E-state index in [0.29, 0.717) is 18.8 Å². The molecule has 0 saturated carbocycles. The van der Waals surface area contributed by atoms with Gasteiger partial charge in [-0.3, -0.25) is 4.98 Å². The van der Waals surface area contributed by atoms with Crippen LogP contribution in [0.2, 0.25) is 0 Å². The molecule has 0 fully saturated rings. The first kappa shape index (κ1) is 12.2. The van der Waals surface area contributed by atoms with Crippen LogP contribution in [0.25, 0.3) is 0 Å². The molecule has 0 unspecified atom stereocenters. The maximum Gasteiger partial charge on any atom is 0.144 e. The summed E-state index contributed by atoms with van der Waals surface area (Å²) in [5, 5.41) is 3.30. The van der Waals surface area contributed by atoms with Crippen LogP contribution in [0.3, 0.4) is 0 Å². The number of rotatable bonds is 5. The van der Waals surface area contributed by atoms with Gasteiger partial charge in [0, 0.05) is 18.9 Å². The second-order valence-electron chi connectivity index (χ2n) is 3.86. The van der Waals surface area contributed by atoms with E-state index in [1.54, 1.807) is 12.4 Å². The number of nitrogens with zero attached hydrogens (tertiary/aromatic N) is 1. The normalized spacial score (nSPS) is 10.1. The van der Waals surface area contributed by atoms with Crippen LogP contribution in [0.5, 0.6) is 5.75 Å². The summed E-state index contributed by atoms with van der Waals surface area (Å²) in [6, 6.07) is 9.59. The summed E-state index contributed by atoms with van der Waals surface area (Å²) in [5.41, 5.74) is 8.64. The molecule has 0 amide bonds. The number of nitrogens with one attached hydrogen (secondary N) is 1. The molecule has 0 atom stereocenters. The highest BCUT2D eigenvalue weighted by molar-refractivity contribution is 5.73. The van der Waals surface area contributed by atoms with E-state index in [1.807, 2.05) is 37.3 Å². The molecule has 0 saturated heterocycles. The molecule has 1 aromatic carbocycles. The largest absolute Gasteiger partial charge is 0.492 e. The molecule has 2 rings (SSSR count). The second kappa shape index (κ2) is 5.91. The lowest BCUT2D eigenvalue weighted by molar-refractivity contribution is 0.342. The van der Waals surface area contributed by atoms with Crippen molar-refractivity contribution in [2.75, 3.05) is 17.7 Å². The van der Waals surface area contributed by atoms with Gasteiger partial charge in [-0.1, -0.05) is 6.07 Å². The zero-order valence-electron chi connectivity index (χ0n) is 10.4. The Morgan fingerprint density at radius 3 is 2.72 bits per heavy atom. The second-order valence-corrected chi connectivity index (χ2v) is 3.86. The number of pyridine rings is 1. The third kappa shape index (κ3) is 2.91. The van der Waals surface area contributed by atoms with Crippen molar-refractivity contribution < 1.29 is 4.74 Å². The Kier molecular flexibility index (Phi) is 4.02. The maximum atomic E-state index is 5.96. The average Bonchev–Trinajstić information content (AvgIpc) is 2.40. The fraction of sp³-hybridized carbons (Fsp3) is 0.214. The van der Waals surface area contributed by atoms with Crippen LogP contribution in [0.15, 0.2) is 42.7 Å². The molecular formula is C14H17N3O. The number of nitrogens with two attached hydrogens (primary N) is 1. The summed E-state index contributed by atoms with van der Waals surface area (Å²) in [6.45, 7) is 3.26. The standard InChI is InChI=1S/C14H17N3O/c1-2-18-13-5-3-4-12(15)14(13)17-10-11-6-8-16-9-7-11/h3-9,17H,2,10,15H2,1H3. The van der Waals surface area contributed by atoms with Gasteiger partial charge in [0.1, 0.15) is 11.4 Å². The zero-order valence-corrected chi connectivity index (χ0v) is 10.4. The fourth-order valence-corrected chi connectivity index (χ4v) is 1.70. The molecule has 2 aromatic rings. The van der Waals surface area contributed by atoms with Crippen LogP contribution < -0.4 is 15.8 Å². The van der Waals surface area contributed by atoms with Crippen LogP contribution in [-0.2, 0) is 6.54 Å². The summed E-state index contributed by atoms with van der Waals surface area (Å²) >= 11 is 0. The Morgan fingerprint density at radius 1 is 1.22 bits per heavy atom. The molecular weight excluding hydrogens is 226 g/mol. The topological polar surface area (TPSA) is 60.2 Å². The Morgan fingerprint density at radius 2 is 2.00 bits per heavy atom. The summed E-state index contributed by atoms with van der Waals surface area (Å²) in [7, 11) is 0. The summed E-state index contributed by atoms with van der Waals surface area (Å²) < 4.78 is 5.55. The van der Waals surface area contributed by atoms with Crippen LogP contribution in [-0.4, -0.2) is 11.6 Å². The molecule has 0 aliphatic carbocycles. The van der Waals surface area contributed by atoms with E-state index in [0.717, 1.165) is 17.0 Å². The average molecular weight is 243 g/mol. The SMILES string of the molecule is CCOc1cccc(N)c1NCc1ccncc1. The van der Waals surface area contributed by atoms with Gasteiger partial charge in [-0.15, -0.1) is 0 Å². The Labute approximate surface area is 107 Å². The Hall–Kier alpha value is -2.23. The number of anilines is 2. The van der Waals surface area contributed by atoms with Gasteiger partial charge in [-0.25, -0.2) is 0 Å². The van der Waals surface area contributed by atoms with Crippen LogP contribution in [0.1, 0.15) is 12.5 Å². The predicted octanol–water partition coefficient (Wildman–Crippen LogP) is 2.67. The Bertz CT molecular complexity index is 500. The predicted molar refractivity (Wildman–Crippen MR) is 73.6 cm³/mol. The first-order chi connectivity index (χ1) is 8.81. The zero-order chi connectivity index (χ0) is 12.8. The first-order valence-corrected chi connectivity index (χ1v) is 5.95. The van der Waals surface area contributed by atoms with Crippen molar-refractivity contribution in [1.29, 1.82) is 0 Å². The minimum Gasteiger partial charge on any atom is -0.492 e. The lowest BCUT2D eigenvalue weighted by atomic mass is 10.2. The molecule has 3 N–H and O–H groups in total. The van der Waals surface area contributed by atoms with Crippen molar-refractivity contribution in [1.82, 2.24) is 4.98 Å². The highest BCUT2D eigenvalue weighted by Gasteiger charge is 2.06. The number of benzene rings is 1. The summed E-state index contributed by atoms with van der Waals surface area (Å²) in [4.78, 5) is 3.99. The molecule has 1 aromatic heterocycles. The van der Waals surface area contributed by atoms with E-state index in [-0.39, 0.29) is 0 Å². The number of hydrogen-bond donors (Lipinski definition) is 2. The van der Waals surface area contributed by atoms with E-state index in [4.69, 9.17) is 10.5 Å². The molecule has 1 heterocycles. The van der Waals surface area contributed by atoms with Gasteiger partial charge in [-0.05, 0) is 36.8 Å². The van der Waals surface area contributed by atoms with Crippen molar-refractivity contribution >= 4 is 11.4 Å². The van der Waals surface area contributed by atoms with E-state index < -0.39 is 0 Å². The molecule has 4 heteroatoms. The number of ether oxygens (including phenoxy) is 1. The lowest BCUT2D eigenvalue weighted by Gasteiger charge is -2.14. The molecule has 94 valence electrons. The smallest absolute Gasteiger partial charge is 0.144 e. The molecule has 0 aliphatic heterocycles. The number of nitrogen functional groups attached to an aromatic ring is 1. The monoisotopic (exact) mass is 243 g/mol. The molecule has 4 nitrogen and oxygen atoms in total. The van der Waals surface area contributed by atoms with Crippen molar-refractivity contribution in [2.45, 2.75) is 13.5 Å². The van der Waals surface area contributed by atoms with Crippen molar-refractivity contribution in [3.8, 4) is 5.75 Å². The summed E-state index contributed by atoms with van der Waals surface area (Å²) in [5.74, 6) is 0.784. The first-order valence-electron chi connectivity index (χ1n) is 5.95. The summed E-state index contributed by atoms with van der Waals surface area (Å²) in [6.07, 6.45) is 3.55. The Balaban J connectivity index is 2.13. The van der Waals surface area contributed by atoms with E-state index in [2.05, 4.69) is 10.3 Å². The molecule has 0 radical (unpaired) electrons. The van der Waals surface area contributed by atoms with Gasteiger partial charge in [-0.2, -0.15) is 0 Å². The van der Waals surface area contributed by atoms with Crippen LogP contribution in [0, 0.1) is 0 Å². The van der Waals surface area contributed by atoms with Gasteiger partial charge in [0.2, 0.25) is 0 Å². The van der Waals surface area contributed by atoms with Gasteiger partial charge in [0.15, 0.2) is 0 Å². The lowest BCUT2D eigenvalue weighted by Crippen LogP contribution is -2.05. The minimum absolute atomic E-state index is 0.618. The third-order valence-electron chi connectivity index (χ3n) is 2.58. The molecule has 0 bridgehead atoms. The van der Waals surface area contributed by atoms with Crippen LogP contribution >= 0.6 is 0 Å². The molecule has 0 spiro atoms.